The Morgan fingerprint density at radius 1 is 1.13 bits per heavy atom. The highest BCUT2D eigenvalue weighted by molar-refractivity contribution is 6.18. The molecule has 23 heavy (non-hydrogen) atoms. The second kappa shape index (κ2) is 14.7. The number of ketones is 2. The van der Waals surface area contributed by atoms with Crippen LogP contribution in [0.25, 0.3) is 0 Å². The van der Waals surface area contributed by atoms with Crippen molar-refractivity contribution in [3.05, 3.63) is 49.6 Å². The first-order valence-electron chi connectivity index (χ1n) is 7.72. The normalized spacial score (nSPS) is 12.5. The lowest BCUT2D eigenvalue weighted by Crippen LogP contribution is -2.13. The maximum atomic E-state index is 10.7. The van der Waals surface area contributed by atoms with Gasteiger partial charge in [-0.15, -0.1) is 0 Å². The predicted octanol–water partition coefficient (Wildman–Crippen LogP) is 3.98. The van der Waals surface area contributed by atoms with Crippen LogP contribution in [-0.2, 0) is 19.1 Å². The van der Waals surface area contributed by atoms with Gasteiger partial charge < -0.3 is 4.74 Å². The summed E-state index contributed by atoms with van der Waals surface area (Å²) >= 11 is 0. The molecule has 0 heterocycles. The SMILES string of the molecule is C=CC(=C)CCC.C=CC(=O)OCC.CCC1C(=O)C=CC1=O. The Labute approximate surface area is 139 Å². The molecule has 0 N–H and O–H groups in total. The molecule has 0 aromatic carbocycles. The van der Waals surface area contributed by atoms with Crippen LogP contribution in [0.5, 0.6) is 0 Å². The standard InChI is InChI=1S/C7H8O2.C7H12.C5H8O2/c1-2-5-6(8)3-4-7(5)9;1-4-6-7(3)5-2;1-3-5(6)7-4-2/h3-5H,2H2,1H3;5H,2-4,6H2,1H3;3H,1,4H2,2H3. The highest BCUT2D eigenvalue weighted by Gasteiger charge is 2.25. The van der Waals surface area contributed by atoms with Gasteiger partial charge in [0, 0.05) is 6.08 Å². The van der Waals surface area contributed by atoms with Crippen LogP contribution in [-0.4, -0.2) is 24.1 Å². The minimum absolute atomic E-state index is 0.0394. The summed E-state index contributed by atoms with van der Waals surface area (Å²) in [5, 5.41) is 0. The molecule has 0 saturated heterocycles. The molecule has 0 aliphatic heterocycles. The summed E-state index contributed by atoms with van der Waals surface area (Å²) in [5.41, 5.74) is 1.14. The van der Waals surface area contributed by atoms with E-state index in [-0.39, 0.29) is 23.5 Å². The Kier molecular flexibility index (Phi) is 14.7. The van der Waals surface area contributed by atoms with Crippen molar-refractivity contribution in [1.82, 2.24) is 0 Å². The van der Waals surface area contributed by atoms with Crippen LogP contribution in [0.2, 0.25) is 0 Å². The van der Waals surface area contributed by atoms with Crippen LogP contribution >= 0.6 is 0 Å². The molecule has 0 spiro atoms. The Morgan fingerprint density at radius 3 is 1.83 bits per heavy atom. The van der Waals surface area contributed by atoms with Crippen molar-refractivity contribution in [2.24, 2.45) is 5.92 Å². The Morgan fingerprint density at radius 2 is 1.65 bits per heavy atom. The van der Waals surface area contributed by atoms with Crippen molar-refractivity contribution in [1.29, 1.82) is 0 Å². The van der Waals surface area contributed by atoms with Gasteiger partial charge in [-0.2, -0.15) is 0 Å². The molecule has 0 radical (unpaired) electrons. The third-order valence-corrected chi connectivity index (χ3v) is 2.82. The molecule has 4 nitrogen and oxygen atoms in total. The van der Waals surface area contributed by atoms with Crippen LogP contribution < -0.4 is 0 Å². The van der Waals surface area contributed by atoms with Crippen LogP contribution in [0.15, 0.2) is 49.6 Å². The average molecular weight is 320 g/mol. The van der Waals surface area contributed by atoms with Crippen molar-refractivity contribution in [2.75, 3.05) is 6.61 Å². The zero-order chi connectivity index (χ0) is 18.3. The number of hydrogen-bond donors (Lipinski definition) is 0. The quantitative estimate of drug-likeness (QED) is 0.321. The third-order valence-electron chi connectivity index (χ3n) is 2.82. The van der Waals surface area contributed by atoms with E-state index in [9.17, 15) is 14.4 Å². The van der Waals surface area contributed by atoms with Gasteiger partial charge in [-0.05, 0) is 31.9 Å². The third kappa shape index (κ3) is 12.0. The molecule has 0 fully saturated rings. The zero-order valence-corrected chi connectivity index (χ0v) is 14.5. The van der Waals surface area contributed by atoms with Crippen molar-refractivity contribution < 1.29 is 19.1 Å². The lowest BCUT2D eigenvalue weighted by atomic mass is 10.0. The second-order valence-electron chi connectivity index (χ2n) is 4.67. The van der Waals surface area contributed by atoms with E-state index in [1.165, 1.54) is 18.6 Å². The van der Waals surface area contributed by atoms with Crippen molar-refractivity contribution in [2.45, 2.75) is 40.0 Å². The average Bonchev–Trinajstić information content (AvgIpc) is 2.87. The fraction of sp³-hybridized carbons (Fsp3) is 0.421. The number of hydrogen-bond acceptors (Lipinski definition) is 4. The van der Waals surface area contributed by atoms with Crippen LogP contribution in [0.4, 0.5) is 0 Å². The fourth-order valence-corrected chi connectivity index (χ4v) is 1.56. The topological polar surface area (TPSA) is 60.4 Å². The van der Waals surface area contributed by atoms with Crippen molar-refractivity contribution in [3.8, 4) is 0 Å². The molecule has 0 aromatic rings. The van der Waals surface area contributed by atoms with Gasteiger partial charge in [0.25, 0.3) is 0 Å². The molecule has 4 heteroatoms. The second-order valence-corrected chi connectivity index (χ2v) is 4.67. The number of ether oxygens (including phenoxy) is 1. The van der Waals surface area contributed by atoms with Gasteiger partial charge in [0.05, 0.1) is 12.5 Å². The largest absolute Gasteiger partial charge is 0.463 e. The summed E-state index contributed by atoms with van der Waals surface area (Å²) in [4.78, 5) is 31.5. The number of allylic oxidation sites excluding steroid dienone is 4. The van der Waals surface area contributed by atoms with Gasteiger partial charge in [0.15, 0.2) is 11.6 Å². The molecular formula is C19H28O4. The summed E-state index contributed by atoms with van der Waals surface area (Å²) in [6.45, 7) is 16.7. The van der Waals surface area contributed by atoms with Gasteiger partial charge >= 0.3 is 5.97 Å². The van der Waals surface area contributed by atoms with Gasteiger partial charge in [0.1, 0.15) is 0 Å². The van der Waals surface area contributed by atoms with E-state index < -0.39 is 0 Å². The van der Waals surface area contributed by atoms with E-state index >= 15 is 0 Å². The molecule has 1 aliphatic carbocycles. The van der Waals surface area contributed by atoms with Crippen molar-refractivity contribution >= 4 is 17.5 Å². The van der Waals surface area contributed by atoms with Crippen LogP contribution in [0.1, 0.15) is 40.0 Å². The Balaban J connectivity index is 0. The zero-order valence-electron chi connectivity index (χ0n) is 14.5. The van der Waals surface area contributed by atoms with E-state index in [4.69, 9.17) is 0 Å². The van der Waals surface area contributed by atoms with Crippen LogP contribution in [0.3, 0.4) is 0 Å². The number of carbonyl (C=O) groups excluding carboxylic acids is 3. The Hall–Kier alpha value is -2.23. The number of carbonyl (C=O) groups is 3. The summed E-state index contributed by atoms with van der Waals surface area (Å²) in [5.74, 6) is -0.794. The summed E-state index contributed by atoms with van der Waals surface area (Å²) in [6.07, 6.45) is 8.55. The van der Waals surface area contributed by atoms with Crippen molar-refractivity contribution in [3.63, 3.8) is 0 Å². The van der Waals surface area contributed by atoms with Gasteiger partial charge in [0.2, 0.25) is 0 Å². The summed E-state index contributed by atoms with van der Waals surface area (Å²) in [7, 11) is 0. The molecule has 0 saturated carbocycles. The highest BCUT2D eigenvalue weighted by atomic mass is 16.5. The maximum absolute atomic E-state index is 10.7. The van der Waals surface area contributed by atoms with E-state index in [0.29, 0.717) is 13.0 Å². The maximum Gasteiger partial charge on any atom is 0.330 e. The van der Waals surface area contributed by atoms with Gasteiger partial charge in [-0.25, -0.2) is 4.79 Å². The lowest BCUT2D eigenvalue weighted by Gasteiger charge is -1.98. The fourth-order valence-electron chi connectivity index (χ4n) is 1.56. The first-order valence-corrected chi connectivity index (χ1v) is 7.72. The molecule has 0 aromatic heterocycles. The minimum Gasteiger partial charge on any atom is -0.463 e. The smallest absolute Gasteiger partial charge is 0.330 e. The highest BCUT2D eigenvalue weighted by Crippen LogP contribution is 2.13. The monoisotopic (exact) mass is 320 g/mol. The number of esters is 1. The number of rotatable bonds is 6. The summed E-state index contributed by atoms with van der Waals surface area (Å²) in [6, 6.07) is 0. The summed E-state index contributed by atoms with van der Waals surface area (Å²) < 4.78 is 4.43. The molecule has 128 valence electrons. The van der Waals surface area contributed by atoms with Gasteiger partial charge in [-0.1, -0.05) is 51.7 Å². The minimum atomic E-state index is -0.359. The molecule has 0 unspecified atom stereocenters. The molecule has 0 atom stereocenters. The molecule has 0 amide bonds. The Bertz CT molecular complexity index is 418. The molecule has 1 rings (SSSR count). The van der Waals surface area contributed by atoms with E-state index in [0.717, 1.165) is 18.1 Å². The predicted molar refractivity (Wildman–Crippen MR) is 94.0 cm³/mol. The van der Waals surface area contributed by atoms with E-state index in [1.807, 2.05) is 13.0 Å². The van der Waals surface area contributed by atoms with Crippen LogP contribution in [0, 0.1) is 5.92 Å². The lowest BCUT2D eigenvalue weighted by molar-refractivity contribution is -0.137. The molecule has 1 aliphatic rings. The first kappa shape index (κ1) is 23.0. The van der Waals surface area contributed by atoms with Gasteiger partial charge in [-0.3, -0.25) is 9.59 Å². The van der Waals surface area contributed by atoms with E-state index in [1.54, 1.807) is 6.92 Å². The first-order chi connectivity index (χ1) is 10.9. The van der Waals surface area contributed by atoms with E-state index in [2.05, 4.69) is 31.4 Å². The molecular weight excluding hydrogens is 292 g/mol. The molecule has 0 bridgehead atoms.